The topological polar surface area (TPSA) is 12.5 Å². The van der Waals surface area contributed by atoms with Crippen molar-refractivity contribution in [1.29, 1.82) is 0 Å². The van der Waals surface area contributed by atoms with E-state index in [1.54, 1.807) is 0 Å². The van der Waals surface area contributed by atoms with Crippen LogP contribution < -0.4 is 0 Å². The molecule has 2 aliphatic heterocycles. The average Bonchev–Trinajstić information content (AvgIpc) is 2.46. The third-order valence-electron chi connectivity index (χ3n) is 3.00. The average molecular weight is 201 g/mol. The molecule has 0 amide bonds. The van der Waals surface area contributed by atoms with Crippen LogP contribution in [0.25, 0.3) is 0 Å². The van der Waals surface area contributed by atoms with Crippen molar-refractivity contribution in [2.24, 2.45) is 5.92 Å². The van der Waals surface area contributed by atoms with E-state index in [9.17, 15) is 0 Å². The molecule has 0 spiro atoms. The second-order valence-electron chi connectivity index (χ2n) is 4.46. The lowest BCUT2D eigenvalue weighted by atomic mass is 10.2. The first-order chi connectivity index (χ1) is 6.28. The first-order valence-corrected chi connectivity index (χ1v) is 5.90. The summed E-state index contributed by atoms with van der Waals surface area (Å²) in [6.07, 6.45) is 3.61. The molecule has 2 saturated heterocycles. The van der Waals surface area contributed by atoms with Gasteiger partial charge in [0.15, 0.2) is 0 Å². The van der Waals surface area contributed by atoms with Crippen LogP contribution in [-0.4, -0.2) is 42.5 Å². The fourth-order valence-electron chi connectivity index (χ4n) is 2.35. The SMILES string of the molecule is CC(CS)CN1CC2CCC(C1)O2. The van der Waals surface area contributed by atoms with Gasteiger partial charge in [0.2, 0.25) is 0 Å². The Morgan fingerprint density at radius 3 is 2.54 bits per heavy atom. The highest BCUT2D eigenvalue weighted by molar-refractivity contribution is 7.80. The second-order valence-corrected chi connectivity index (χ2v) is 4.83. The summed E-state index contributed by atoms with van der Waals surface area (Å²) in [6, 6.07) is 0. The van der Waals surface area contributed by atoms with Gasteiger partial charge < -0.3 is 4.74 Å². The Hall–Kier alpha value is 0.270. The molecule has 0 N–H and O–H groups in total. The van der Waals surface area contributed by atoms with E-state index >= 15 is 0 Å². The Morgan fingerprint density at radius 2 is 2.00 bits per heavy atom. The van der Waals surface area contributed by atoms with Gasteiger partial charge in [0.25, 0.3) is 0 Å². The van der Waals surface area contributed by atoms with Crippen LogP contribution in [0.4, 0.5) is 0 Å². The highest BCUT2D eigenvalue weighted by Gasteiger charge is 2.33. The quantitative estimate of drug-likeness (QED) is 0.693. The van der Waals surface area contributed by atoms with Crippen LogP contribution in [0.5, 0.6) is 0 Å². The lowest BCUT2D eigenvalue weighted by molar-refractivity contribution is -0.0410. The molecule has 0 radical (unpaired) electrons. The van der Waals surface area contributed by atoms with Crippen molar-refractivity contribution in [3.63, 3.8) is 0 Å². The van der Waals surface area contributed by atoms with Crippen molar-refractivity contribution in [1.82, 2.24) is 4.90 Å². The lowest BCUT2D eigenvalue weighted by Crippen LogP contribution is -2.44. The van der Waals surface area contributed by atoms with E-state index in [0.717, 1.165) is 18.8 Å². The van der Waals surface area contributed by atoms with E-state index in [4.69, 9.17) is 4.74 Å². The maximum atomic E-state index is 5.78. The van der Waals surface area contributed by atoms with E-state index in [-0.39, 0.29) is 0 Å². The van der Waals surface area contributed by atoms with Crippen molar-refractivity contribution >= 4 is 12.6 Å². The standard InChI is InChI=1S/C10H19NOS/c1-8(7-13)4-11-5-9-2-3-10(6-11)12-9/h8-10,13H,2-7H2,1H3. The zero-order chi connectivity index (χ0) is 9.26. The maximum absolute atomic E-state index is 5.78. The van der Waals surface area contributed by atoms with Gasteiger partial charge in [0.05, 0.1) is 12.2 Å². The van der Waals surface area contributed by atoms with Gasteiger partial charge >= 0.3 is 0 Å². The van der Waals surface area contributed by atoms with Gasteiger partial charge in [-0.15, -0.1) is 0 Å². The molecule has 76 valence electrons. The van der Waals surface area contributed by atoms with E-state index in [1.165, 1.54) is 19.4 Å². The van der Waals surface area contributed by atoms with Gasteiger partial charge in [-0.2, -0.15) is 12.6 Å². The zero-order valence-electron chi connectivity index (χ0n) is 8.28. The van der Waals surface area contributed by atoms with Crippen molar-refractivity contribution in [3.8, 4) is 0 Å². The molecule has 0 saturated carbocycles. The molecular weight excluding hydrogens is 182 g/mol. The first-order valence-electron chi connectivity index (χ1n) is 5.26. The predicted molar refractivity (Wildman–Crippen MR) is 57.4 cm³/mol. The Kier molecular flexibility index (Phi) is 3.17. The highest BCUT2D eigenvalue weighted by atomic mass is 32.1. The number of nitrogens with zero attached hydrogens (tertiary/aromatic N) is 1. The number of hydrogen-bond donors (Lipinski definition) is 1. The molecule has 3 unspecified atom stereocenters. The number of hydrogen-bond acceptors (Lipinski definition) is 3. The molecule has 3 atom stereocenters. The molecule has 2 fully saturated rings. The van der Waals surface area contributed by atoms with E-state index < -0.39 is 0 Å². The third-order valence-corrected chi connectivity index (χ3v) is 3.62. The summed E-state index contributed by atoms with van der Waals surface area (Å²) in [5.74, 6) is 1.70. The molecule has 0 aromatic rings. The Balaban J connectivity index is 1.81. The smallest absolute Gasteiger partial charge is 0.0707 e. The minimum absolute atomic E-state index is 0.533. The number of thiol groups is 1. The number of morpholine rings is 1. The highest BCUT2D eigenvalue weighted by Crippen LogP contribution is 2.26. The van der Waals surface area contributed by atoms with Crippen LogP contribution in [0.3, 0.4) is 0 Å². The summed E-state index contributed by atoms with van der Waals surface area (Å²) < 4.78 is 5.78. The van der Waals surface area contributed by atoms with Gasteiger partial charge in [0, 0.05) is 19.6 Å². The summed E-state index contributed by atoms with van der Waals surface area (Å²) in [6.45, 7) is 5.76. The Morgan fingerprint density at radius 1 is 1.38 bits per heavy atom. The van der Waals surface area contributed by atoms with E-state index in [0.29, 0.717) is 18.1 Å². The molecule has 2 rings (SSSR count). The van der Waals surface area contributed by atoms with Gasteiger partial charge in [0.1, 0.15) is 0 Å². The number of rotatable bonds is 3. The molecule has 2 heterocycles. The predicted octanol–water partition coefficient (Wildman–Crippen LogP) is 1.42. The molecule has 0 aliphatic carbocycles. The van der Waals surface area contributed by atoms with Crippen molar-refractivity contribution < 1.29 is 4.74 Å². The summed E-state index contributed by atoms with van der Waals surface area (Å²) in [5, 5.41) is 0. The summed E-state index contributed by atoms with van der Waals surface area (Å²) in [5.41, 5.74) is 0. The van der Waals surface area contributed by atoms with Crippen LogP contribution in [0, 0.1) is 5.92 Å². The molecule has 13 heavy (non-hydrogen) atoms. The van der Waals surface area contributed by atoms with E-state index in [2.05, 4.69) is 24.5 Å². The number of fused-ring (bicyclic) bond motifs is 2. The minimum Gasteiger partial charge on any atom is -0.372 e. The third kappa shape index (κ3) is 2.39. The summed E-state index contributed by atoms with van der Waals surface area (Å²) in [4.78, 5) is 2.55. The van der Waals surface area contributed by atoms with Crippen molar-refractivity contribution in [2.45, 2.75) is 32.0 Å². The molecule has 0 aromatic carbocycles. The summed E-state index contributed by atoms with van der Waals surface area (Å²) in [7, 11) is 0. The Labute approximate surface area is 86.0 Å². The second kappa shape index (κ2) is 4.20. The first kappa shape index (κ1) is 9.81. The van der Waals surface area contributed by atoms with Crippen LogP contribution in [0.15, 0.2) is 0 Å². The summed E-state index contributed by atoms with van der Waals surface area (Å²) >= 11 is 4.32. The van der Waals surface area contributed by atoms with Crippen LogP contribution in [0.1, 0.15) is 19.8 Å². The van der Waals surface area contributed by atoms with Gasteiger partial charge in [-0.05, 0) is 24.5 Å². The van der Waals surface area contributed by atoms with Crippen LogP contribution >= 0.6 is 12.6 Å². The van der Waals surface area contributed by atoms with Crippen LogP contribution in [-0.2, 0) is 4.74 Å². The molecule has 2 bridgehead atoms. The monoisotopic (exact) mass is 201 g/mol. The molecule has 2 nitrogen and oxygen atoms in total. The fourth-order valence-corrected chi connectivity index (χ4v) is 2.46. The zero-order valence-corrected chi connectivity index (χ0v) is 9.17. The molecule has 0 aromatic heterocycles. The normalized spacial score (nSPS) is 36.5. The van der Waals surface area contributed by atoms with Crippen molar-refractivity contribution in [2.75, 3.05) is 25.4 Å². The number of ether oxygens (including phenoxy) is 1. The largest absolute Gasteiger partial charge is 0.372 e. The van der Waals surface area contributed by atoms with E-state index in [1.807, 2.05) is 0 Å². The van der Waals surface area contributed by atoms with Gasteiger partial charge in [-0.1, -0.05) is 6.92 Å². The Bertz CT molecular complexity index is 164. The molecular formula is C10H19NOS. The number of likely N-dealkylation sites (tertiary alicyclic amines) is 1. The van der Waals surface area contributed by atoms with Gasteiger partial charge in [-0.3, -0.25) is 4.90 Å². The van der Waals surface area contributed by atoms with Gasteiger partial charge in [-0.25, -0.2) is 0 Å². The van der Waals surface area contributed by atoms with Crippen LogP contribution in [0.2, 0.25) is 0 Å². The molecule has 3 heteroatoms. The lowest BCUT2D eigenvalue weighted by Gasteiger charge is -2.33. The maximum Gasteiger partial charge on any atom is 0.0707 e. The van der Waals surface area contributed by atoms with Crippen molar-refractivity contribution in [3.05, 3.63) is 0 Å². The fraction of sp³-hybridized carbons (Fsp3) is 1.00. The molecule has 2 aliphatic rings. The minimum atomic E-state index is 0.533.